The lowest BCUT2D eigenvalue weighted by Gasteiger charge is -2.46. The molecule has 6 atom stereocenters. The standard InChI is InChI=1S/C41H48N2O5/c1-2-3-4-17-26-42-41-43-35-36(44-27-31-18-9-5-10-19-31)38(45-28-32-20-11-6-12-21-32)40(47-30-34-24-15-8-16-25-34)39(37(35)48-41)46-29-33-22-13-7-14-23-33/h5-16,18-25,35-40H,2-4,17,26-30H2,1H3,(H,42,43). The van der Waals surface area contributed by atoms with Crippen LogP contribution in [0.2, 0.25) is 0 Å². The van der Waals surface area contributed by atoms with Crippen molar-refractivity contribution >= 4 is 6.02 Å². The molecule has 0 bridgehead atoms. The van der Waals surface area contributed by atoms with Gasteiger partial charge in [-0.1, -0.05) is 148 Å². The van der Waals surface area contributed by atoms with Gasteiger partial charge in [-0.3, -0.25) is 0 Å². The predicted octanol–water partition coefficient (Wildman–Crippen LogP) is 7.63. The van der Waals surface area contributed by atoms with E-state index in [0.29, 0.717) is 39.0 Å². The van der Waals surface area contributed by atoms with E-state index in [2.05, 4.69) is 60.8 Å². The van der Waals surface area contributed by atoms with E-state index >= 15 is 0 Å². The Labute approximate surface area is 285 Å². The average Bonchev–Trinajstić information content (AvgIpc) is 3.57. The van der Waals surface area contributed by atoms with Crippen LogP contribution in [0.15, 0.2) is 126 Å². The van der Waals surface area contributed by atoms with E-state index in [-0.39, 0.29) is 6.04 Å². The Balaban J connectivity index is 1.33. The molecule has 7 nitrogen and oxygen atoms in total. The molecular formula is C41H48N2O5. The monoisotopic (exact) mass is 648 g/mol. The van der Waals surface area contributed by atoms with Gasteiger partial charge in [0.15, 0.2) is 6.10 Å². The van der Waals surface area contributed by atoms with Crippen LogP contribution in [-0.4, -0.2) is 49.1 Å². The van der Waals surface area contributed by atoms with Gasteiger partial charge in [0.05, 0.1) is 32.5 Å². The number of fused-ring (bicyclic) bond motifs is 1. The average molecular weight is 649 g/mol. The maximum atomic E-state index is 6.86. The van der Waals surface area contributed by atoms with Crippen LogP contribution in [0, 0.1) is 0 Å². The summed E-state index contributed by atoms with van der Waals surface area (Å²) in [4.78, 5) is 4.85. The molecule has 252 valence electrons. The van der Waals surface area contributed by atoms with Gasteiger partial charge in [-0.15, -0.1) is 0 Å². The van der Waals surface area contributed by atoms with Crippen molar-refractivity contribution in [3.05, 3.63) is 144 Å². The summed E-state index contributed by atoms with van der Waals surface area (Å²) in [6.45, 7) is 4.56. The first-order valence-electron chi connectivity index (χ1n) is 17.4. The van der Waals surface area contributed by atoms with Crippen LogP contribution in [0.4, 0.5) is 0 Å². The predicted molar refractivity (Wildman–Crippen MR) is 188 cm³/mol. The minimum Gasteiger partial charge on any atom is -0.457 e. The molecular weight excluding hydrogens is 600 g/mol. The molecule has 0 spiro atoms. The molecule has 4 aromatic carbocycles. The first-order valence-corrected chi connectivity index (χ1v) is 17.4. The van der Waals surface area contributed by atoms with E-state index in [1.165, 1.54) is 12.8 Å². The van der Waals surface area contributed by atoms with Crippen molar-refractivity contribution in [2.24, 2.45) is 4.99 Å². The van der Waals surface area contributed by atoms with Crippen molar-refractivity contribution in [3.8, 4) is 0 Å². The molecule has 1 saturated heterocycles. The van der Waals surface area contributed by atoms with E-state index in [9.17, 15) is 0 Å². The van der Waals surface area contributed by atoms with Crippen molar-refractivity contribution in [2.45, 2.75) is 95.6 Å². The van der Waals surface area contributed by atoms with Crippen LogP contribution in [-0.2, 0) is 50.1 Å². The van der Waals surface area contributed by atoms with Crippen LogP contribution < -0.4 is 5.32 Å². The van der Waals surface area contributed by atoms with Crippen LogP contribution in [0.3, 0.4) is 0 Å². The molecule has 48 heavy (non-hydrogen) atoms. The largest absolute Gasteiger partial charge is 0.457 e. The number of nitrogens with one attached hydrogen (secondary N) is 1. The van der Waals surface area contributed by atoms with Crippen LogP contribution in [0.1, 0.15) is 54.9 Å². The van der Waals surface area contributed by atoms with Gasteiger partial charge in [0.1, 0.15) is 24.4 Å². The summed E-state index contributed by atoms with van der Waals surface area (Å²) in [6, 6.07) is 41.2. The normalized spacial score (nSPS) is 24.1. The van der Waals surface area contributed by atoms with Crippen molar-refractivity contribution in [2.75, 3.05) is 6.54 Å². The molecule has 2 fully saturated rings. The molecule has 1 heterocycles. The molecule has 1 N–H and O–H groups in total. The lowest BCUT2D eigenvalue weighted by molar-refractivity contribution is -0.240. The van der Waals surface area contributed by atoms with Gasteiger partial charge in [-0.2, -0.15) is 0 Å². The summed E-state index contributed by atoms with van der Waals surface area (Å²) >= 11 is 0. The third-order valence-electron chi connectivity index (χ3n) is 8.95. The number of hydrogen-bond acceptors (Lipinski definition) is 6. The Morgan fingerprint density at radius 1 is 0.521 bits per heavy atom. The summed E-state index contributed by atoms with van der Waals surface area (Å²) in [7, 11) is 0. The zero-order valence-corrected chi connectivity index (χ0v) is 27.9. The zero-order valence-electron chi connectivity index (χ0n) is 27.9. The van der Waals surface area contributed by atoms with E-state index in [4.69, 9.17) is 28.7 Å². The summed E-state index contributed by atoms with van der Waals surface area (Å²) in [6.07, 6.45) is 2.31. The van der Waals surface area contributed by atoms with Gasteiger partial charge in [0.2, 0.25) is 0 Å². The highest BCUT2D eigenvalue weighted by Gasteiger charge is 2.58. The number of ether oxygens (including phenoxy) is 5. The minimum atomic E-state index is -0.495. The zero-order chi connectivity index (χ0) is 32.8. The Kier molecular flexibility index (Phi) is 12.7. The molecule has 1 aliphatic carbocycles. The number of hydrogen-bond donors (Lipinski definition) is 1. The third kappa shape index (κ3) is 9.32. The minimum absolute atomic E-state index is 0.263. The smallest absolute Gasteiger partial charge is 0.285 e. The van der Waals surface area contributed by atoms with Gasteiger partial charge in [0, 0.05) is 6.54 Å². The highest BCUT2D eigenvalue weighted by atomic mass is 16.6. The van der Waals surface area contributed by atoms with E-state index in [0.717, 1.165) is 35.1 Å². The Morgan fingerprint density at radius 3 is 1.40 bits per heavy atom. The van der Waals surface area contributed by atoms with E-state index in [1.807, 2.05) is 72.8 Å². The molecule has 6 unspecified atom stereocenters. The number of aliphatic imine (C=N–C) groups is 1. The molecule has 4 aromatic rings. The lowest BCUT2D eigenvalue weighted by Crippen LogP contribution is -2.67. The molecule has 6 rings (SSSR count). The second kappa shape index (κ2) is 17.9. The number of unbranched alkanes of at least 4 members (excludes halogenated alkanes) is 3. The maximum Gasteiger partial charge on any atom is 0.285 e. The van der Waals surface area contributed by atoms with Crippen LogP contribution in [0.5, 0.6) is 0 Å². The third-order valence-corrected chi connectivity index (χ3v) is 8.95. The molecule has 0 amide bonds. The fourth-order valence-corrected chi connectivity index (χ4v) is 6.40. The molecule has 2 aliphatic rings. The second-order valence-corrected chi connectivity index (χ2v) is 12.5. The van der Waals surface area contributed by atoms with E-state index in [1.54, 1.807) is 0 Å². The number of rotatable bonds is 17. The number of benzene rings is 4. The summed E-state index contributed by atoms with van der Waals surface area (Å²) in [5.41, 5.74) is 4.32. The fraction of sp³-hybridized carbons (Fsp3) is 0.390. The fourth-order valence-electron chi connectivity index (χ4n) is 6.40. The van der Waals surface area contributed by atoms with E-state index < -0.39 is 30.5 Å². The van der Waals surface area contributed by atoms with Crippen LogP contribution >= 0.6 is 0 Å². The summed E-state index contributed by atoms with van der Waals surface area (Å²) in [5.74, 6) is 0. The van der Waals surface area contributed by atoms with Gasteiger partial charge >= 0.3 is 0 Å². The van der Waals surface area contributed by atoms with Crippen LogP contribution in [0.25, 0.3) is 0 Å². The van der Waals surface area contributed by atoms with Crippen molar-refractivity contribution in [1.29, 1.82) is 0 Å². The highest BCUT2D eigenvalue weighted by molar-refractivity contribution is 5.76. The Hall–Kier alpha value is -4.01. The SMILES string of the molecule is CCCCCCN=C1NC2C(OCc3ccccc3)C(OCc3ccccc3)C(OCc3ccccc3)C(OCc3ccccc3)C2O1. The number of amidine groups is 1. The molecule has 7 heteroatoms. The summed E-state index contributed by atoms with van der Waals surface area (Å²) < 4.78 is 34.0. The van der Waals surface area contributed by atoms with Crippen molar-refractivity contribution in [3.63, 3.8) is 0 Å². The molecule has 1 aliphatic heterocycles. The van der Waals surface area contributed by atoms with Gasteiger partial charge < -0.3 is 29.0 Å². The number of nitrogens with zero attached hydrogens (tertiary/aromatic N) is 1. The Morgan fingerprint density at radius 2 is 0.938 bits per heavy atom. The van der Waals surface area contributed by atoms with Gasteiger partial charge in [-0.25, -0.2) is 4.99 Å². The van der Waals surface area contributed by atoms with Gasteiger partial charge in [-0.05, 0) is 28.7 Å². The summed E-state index contributed by atoms with van der Waals surface area (Å²) in [5, 5.41) is 3.61. The first kappa shape index (κ1) is 33.9. The topological polar surface area (TPSA) is 70.5 Å². The highest BCUT2D eigenvalue weighted by Crippen LogP contribution is 2.36. The first-order chi connectivity index (χ1) is 23.8. The molecule has 0 aromatic heterocycles. The quantitative estimate of drug-likeness (QED) is 0.119. The molecule has 0 radical (unpaired) electrons. The Bertz CT molecular complexity index is 1400. The lowest BCUT2D eigenvalue weighted by atomic mass is 9.82. The molecule has 1 saturated carbocycles. The van der Waals surface area contributed by atoms with Crippen molar-refractivity contribution in [1.82, 2.24) is 5.32 Å². The second-order valence-electron chi connectivity index (χ2n) is 12.5. The maximum absolute atomic E-state index is 6.86. The van der Waals surface area contributed by atoms with Crippen molar-refractivity contribution < 1.29 is 23.7 Å². The van der Waals surface area contributed by atoms with Gasteiger partial charge in [0.25, 0.3) is 6.02 Å².